The predicted molar refractivity (Wildman–Crippen MR) is 125 cm³/mol. The van der Waals surface area contributed by atoms with Gasteiger partial charge in [0.05, 0.1) is 0 Å². The number of para-hydroxylation sites is 1. The first-order chi connectivity index (χ1) is 14.9. The smallest absolute Gasteiger partial charge is 0.261 e. The fraction of sp³-hybridized carbons (Fsp3) is 0.462. The Hall–Kier alpha value is -2.82. The van der Waals surface area contributed by atoms with Crippen LogP contribution in [-0.2, 0) is 16.1 Å². The first-order valence-corrected chi connectivity index (χ1v) is 11.2. The summed E-state index contributed by atoms with van der Waals surface area (Å²) in [6.07, 6.45) is 1.39. The van der Waals surface area contributed by atoms with E-state index in [1.165, 1.54) is 0 Å². The lowest BCUT2D eigenvalue weighted by Crippen LogP contribution is -2.50. The number of aryl methyl sites for hydroxylation is 1. The molecule has 0 bridgehead atoms. The van der Waals surface area contributed by atoms with Crippen molar-refractivity contribution in [2.24, 2.45) is 0 Å². The van der Waals surface area contributed by atoms with Crippen LogP contribution in [0.15, 0.2) is 48.5 Å². The van der Waals surface area contributed by atoms with Gasteiger partial charge >= 0.3 is 0 Å². The fourth-order valence-electron chi connectivity index (χ4n) is 3.49. The molecule has 0 radical (unpaired) electrons. The van der Waals surface area contributed by atoms with Crippen molar-refractivity contribution in [1.82, 2.24) is 10.2 Å². The molecular formula is C26H36N2O3. The molecule has 2 aromatic rings. The van der Waals surface area contributed by atoms with Gasteiger partial charge in [0.1, 0.15) is 11.8 Å². The molecule has 5 nitrogen and oxygen atoms in total. The van der Waals surface area contributed by atoms with E-state index < -0.39 is 6.04 Å². The second-order valence-corrected chi connectivity index (χ2v) is 8.20. The van der Waals surface area contributed by atoms with Crippen molar-refractivity contribution in [3.63, 3.8) is 0 Å². The first kappa shape index (κ1) is 24.4. The van der Waals surface area contributed by atoms with E-state index in [9.17, 15) is 9.59 Å². The summed E-state index contributed by atoms with van der Waals surface area (Å²) in [5.41, 5.74) is 3.21. The molecule has 1 atom stereocenters. The Kier molecular flexibility index (Phi) is 9.57. The number of rotatable bonds is 11. The molecule has 0 saturated heterocycles. The Morgan fingerprint density at radius 2 is 1.71 bits per heavy atom. The summed E-state index contributed by atoms with van der Waals surface area (Å²) in [6.45, 7) is 11.0. The molecule has 2 rings (SSSR count). The van der Waals surface area contributed by atoms with Gasteiger partial charge in [0.2, 0.25) is 5.91 Å². The Morgan fingerprint density at radius 1 is 1.03 bits per heavy atom. The van der Waals surface area contributed by atoms with Crippen LogP contribution >= 0.6 is 0 Å². The molecule has 2 amide bonds. The van der Waals surface area contributed by atoms with E-state index in [1.54, 1.807) is 4.90 Å². The molecule has 0 saturated carbocycles. The lowest BCUT2D eigenvalue weighted by molar-refractivity contribution is -0.143. The topological polar surface area (TPSA) is 58.6 Å². The minimum atomic E-state index is -0.538. The van der Waals surface area contributed by atoms with Crippen LogP contribution < -0.4 is 10.1 Å². The molecule has 2 aromatic carbocycles. The number of benzene rings is 2. The van der Waals surface area contributed by atoms with Crippen LogP contribution in [0.25, 0.3) is 0 Å². The van der Waals surface area contributed by atoms with E-state index in [1.807, 2.05) is 69.3 Å². The highest BCUT2D eigenvalue weighted by Crippen LogP contribution is 2.26. The van der Waals surface area contributed by atoms with Crippen molar-refractivity contribution in [2.45, 2.75) is 66.0 Å². The molecule has 0 aliphatic rings. The Balaban J connectivity index is 2.22. The van der Waals surface area contributed by atoms with Crippen LogP contribution in [-0.4, -0.2) is 35.9 Å². The second-order valence-electron chi connectivity index (χ2n) is 8.20. The third-order valence-corrected chi connectivity index (χ3v) is 5.30. The summed E-state index contributed by atoms with van der Waals surface area (Å²) < 4.78 is 5.93. The average Bonchev–Trinajstić information content (AvgIpc) is 2.77. The van der Waals surface area contributed by atoms with Crippen molar-refractivity contribution >= 4 is 11.8 Å². The molecule has 0 heterocycles. The maximum Gasteiger partial charge on any atom is 0.261 e. The first-order valence-electron chi connectivity index (χ1n) is 11.2. The molecule has 0 fully saturated rings. The van der Waals surface area contributed by atoms with E-state index in [4.69, 9.17) is 4.74 Å². The molecule has 31 heavy (non-hydrogen) atoms. The Morgan fingerprint density at radius 3 is 2.32 bits per heavy atom. The zero-order chi connectivity index (χ0) is 22.8. The zero-order valence-corrected chi connectivity index (χ0v) is 19.5. The van der Waals surface area contributed by atoms with E-state index in [0.717, 1.165) is 23.1 Å². The number of hydrogen-bond acceptors (Lipinski definition) is 3. The van der Waals surface area contributed by atoms with Gasteiger partial charge < -0.3 is 15.0 Å². The lowest BCUT2D eigenvalue weighted by Gasteiger charge is -2.30. The summed E-state index contributed by atoms with van der Waals surface area (Å²) in [6, 6.07) is 15.3. The SMILES string of the molecule is CCCNC(=O)[C@H](CC)N(Cc1ccc(C)cc1)C(=O)COc1ccccc1C(C)C. The van der Waals surface area contributed by atoms with Gasteiger partial charge in [-0.05, 0) is 42.9 Å². The fourth-order valence-corrected chi connectivity index (χ4v) is 3.49. The molecule has 0 aliphatic carbocycles. The number of nitrogens with one attached hydrogen (secondary N) is 1. The average molecular weight is 425 g/mol. The van der Waals surface area contributed by atoms with Gasteiger partial charge in [-0.3, -0.25) is 9.59 Å². The summed E-state index contributed by atoms with van der Waals surface area (Å²) >= 11 is 0. The van der Waals surface area contributed by atoms with Crippen LogP contribution in [0.2, 0.25) is 0 Å². The maximum atomic E-state index is 13.3. The third-order valence-electron chi connectivity index (χ3n) is 5.30. The van der Waals surface area contributed by atoms with Crippen LogP contribution in [0.3, 0.4) is 0 Å². The lowest BCUT2D eigenvalue weighted by atomic mass is 10.0. The largest absolute Gasteiger partial charge is 0.483 e. The molecular weight excluding hydrogens is 388 g/mol. The normalized spacial score (nSPS) is 11.8. The number of hydrogen-bond donors (Lipinski definition) is 1. The van der Waals surface area contributed by atoms with Crippen molar-refractivity contribution in [1.29, 1.82) is 0 Å². The number of amides is 2. The summed E-state index contributed by atoms with van der Waals surface area (Å²) in [4.78, 5) is 27.7. The second kappa shape index (κ2) is 12.1. The van der Waals surface area contributed by atoms with Crippen molar-refractivity contribution in [3.05, 3.63) is 65.2 Å². The van der Waals surface area contributed by atoms with Crippen molar-refractivity contribution in [2.75, 3.05) is 13.2 Å². The van der Waals surface area contributed by atoms with Crippen LogP contribution in [0.5, 0.6) is 5.75 Å². The standard InChI is InChI=1S/C26H36N2O3/c1-6-16-27-26(30)23(7-2)28(17-21-14-12-20(5)13-15-21)25(29)18-31-24-11-9-8-10-22(24)19(3)4/h8-15,19,23H,6-7,16-18H2,1-5H3,(H,27,30)/t23-/m0/s1. The minimum absolute atomic E-state index is 0.104. The zero-order valence-electron chi connectivity index (χ0n) is 19.5. The molecule has 0 aromatic heterocycles. The van der Waals surface area contributed by atoms with Gasteiger partial charge in [-0.1, -0.05) is 75.7 Å². The highest BCUT2D eigenvalue weighted by molar-refractivity contribution is 5.88. The number of nitrogens with zero attached hydrogens (tertiary/aromatic N) is 1. The van der Waals surface area contributed by atoms with Gasteiger partial charge in [0, 0.05) is 13.1 Å². The molecule has 1 N–H and O–H groups in total. The van der Waals surface area contributed by atoms with Gasteiger partial charge in [0.25, 0.3) is 5.91 Å². The van der Waals surface area contributed by atoms with Crippen molar-refractivity contribution < 1.29 is 14.3 Å². The van der Waals surface area contributed by atoms with Gasteiger partial charge in [-0.2, -0.15) is 0 Å². The van der Waals surface area contributed by atoms with Gasteiger partial charge in [0.15, 0.2) is 6.61 Å². The summed E-state index contributed by atoms with van der Waals surface area (Å²) in [5.74, 6) is 0.688. The quantitative estimate of drug-likeness (QED) is 0.562. The predicted octanol–water partition coefficient (Wildman–Crippen LogP) is 4.83. The minimum Gasteiger partial charge on any atom is -0.483 e. The van der Waals surface area contributed by atoms with Crippen LogP contribution in [0.1, 0.15) is 63.1 Å². The van der Waals surface area contributed by atoms with Crippen LogP contribution in [0.4, 0.5) is 0 Å². The van der Waals surface area contributed by atoms with E-state index in [2.05, 4.69) is 19.2 Å². The summed E-state index contributed by atoms with van der Waals surface area (Å²) in [5, 5.41) is 2.94. The Bertz CT molecular complexity index is 846. The molecule has 168 valence electrons. The molecule has 0 spiro atoms. The molecule has 5 heteroatoms. The maximum absolute atomic E-state index is 13.3. The summed E-state index contributed by atoms with van der Waals surface area (Å²) in [7, 11) is 0. The van der Waals surface area contributed by atoms with Crippen LogP contribution in [0, 0.1) is 6.92 Å². The highest BCUT2D eigenvalue weighted by Gasteiger charge is 2.29. The van der Waals surface area contributed by atoms with Gasteiger partial charge in [-0.25, -0.2) is 0 Å². The van der Waals surface area contributed by atoms with E-state index >= 15 is 0 Å². The highest BCUT2D eigenvalue weighted by atomic mass is 16.5. The molecule has 0 unspecified atom stereocenters. The van der Waals surface area contributed by atoms with E-state index in [-0.39, 0.29) is 24.3 Å². The van der Waals surface area contributed by atoms with Crippen molar-refractivity contribution in [3.8, 4) is 5.75 Å². The number of carbonyl (C=O) groups is 2. The third kappa shape index (κ3) is 7.12. The Labute approximate surface area is 186 Å². The monoisotopic (exact) mass is 424 g/mol. The number of carbonyl (C=O) groups excluding carboxylic acids is 2. The molecule has 0 aliphatic heterocycles. The van der Waals surface area contributed by atoms with E-state index in [0.29, 0.717) is 25.3 Å². The van der Waals surface area contributed by atoms with Gasteiger partial charge in [-0.15, -0.1) is 0 Å². The number of ether oxygens (including phenoxy) is 1.